The van der Waals surface area contributed by atoms with E-state index >= 15 is 0 Å². The van der Waals surface area contributed by atoms with Gasteiger partial charge in [0, 0.05) is 7.11 Å². The van der Waals surface area contributed by atoms with Gasteiger partial charge in [0.05, 0.1) is 29.8 Å². The van der Waals surface area contributed by atoms with Crippen LogP contribution in [0.1, 0.15) is 0 Å². The molecular formula is C17H20Br2O5. The van der Waals surface area contributed by atoms with Crippen molar-refractivity contribution in [3.8, 4) is 23.0 Å². The van der Waals surface area contributed by atoms with Gasteiger partial charge in [-0.1, -0.05) is 0 Å². The smallest absolute Gasteiger partial charge is 0.133 e. The standard InChI is InChI=1S/C10H13BrO3.C7H7BrO2/c1-12-5-6-14-8-3-4-10(13-2)9(11)7-8;1-10-7-3-2-5(9)4-6(7)8/h3-4,7H,5-6H2,1-2H3;2-4,9H,1H3. The average Bonchev–Trinajstić information content (AvgIpc) is 2.56. The Morgan fingerprint density at radius 2 is 1.42 bits per heavy atom. The Kier molecular flexibility index (Phi) is 9.59. The summed E-state index contributed by atoms with van der Waals surface area (Å²) >= 11 is 6.60. The van der Waals surface area contributed by atoms with Gasteiger partial charge in [0.15, 0.2) is 0 Å². The van der Waals surface area contributed by atoms with Crippen LogP contribution in [0.5, 0.6) is 23.0 Å². The van der Waals surface area contributed by atoms with E-state index in [-0.39, 0.29) is 5.75 Å². The lowest BCUT2D eigenvalue weighted by Gasteiger charge is -2.07. The van der Waals surface area contributed by atoms with Gasteiger partial charge in [-0.3, -0.25) is 0 Å². The van der Waals surface area contributed by atoms with Crippen LogP contribution in [0.4, 0.5) is 0 Å². The first-order chi connectivity index (χ1) is 11.5. The second-order valence-corrected chi connectivity index (χ2v) is 6.17. The van der Waals surface area contributed by atoms with E-state index in [1.165, 1.54) is 0 Å². The highest BCUT2D eigenvalue weighted by Gasteiger charge is 2.01. The van der Waals surface area contributed by atoms with Crippen LogP contribution in [-0.2, 0) is 4.74 Å². The maximum atomic E-state index is 8.95. The van der Waals surface area contributed by atoms with Crippen LogP contribution in [0, 0.1) is 0 Å². The summed E-state index contributed by atoms with van der Waals surface area (Å²) in [5.41, 5.74) is 0. The molecule has 132 valence electrons. The number of rotatable bonds is 6. The first-order valence-corrected chi connectivity index (χ1v) is 8.58. The number of hydrogen-bond donors (Lipinski definition) is 1. The molecule has 0 radical (unpaired) electrons. The quantitative estimate of drug-likeness (QED) is 0.632. The van der Waals surface area contributed by atoms with Crippen molar-refractivity contribution >= 4 is 31.9 Å². The van der Waals surface area contributed by atoms with Gasteiger partial charge < -0.3 is 24.1 Å². The molecular weight excluding hydrogens is 444 g/mol. The van der Waals surface area contributed by atoms with E-state index in [0.717, 1.165) is 26.2 Å². The molecule has 0 amide bonds. The van der Waals surface area contributed by atoms with E-state index in [1.54, 1.807) is 39.5 Å². The molecule has 2 rings (SSSR count). The maximum absolute atomic E-state index is 8.95. The van der Waals surface area contributed by atoms with Crippen molar-refractivity contribution in [2.45, 2.75) is 0 Å². The zero-order chi connectivity index (χ0) is 17.9. The van der Waals surface area contributed by atoms with Crippen LogP contribution in [0.3, 0.4) is 0 Å². The third-order valence-electron chi connectivity index (χ3n) is 2.81. The SMILES string of the molecule is COCCOc1ccc(OC)c(Br)c1.COc1ccc(O)cc1Br. The predicted octanol–water partition coefficient (Wildman–Crippen LogP) is 4.65. The van der Waals surface area contributed by atoms with Crippen molar-refractivity contribution in [1.29, 1.82) is 0 Å². The van der Waals surface area contributed by atoms with Gasteiger partial charge in [0.2, 0.25) is 0 Å². The Morgan fingerprint density at radius 3 is 1.92 bits per heavy atom. The molecule has 2 aromatic carbocycles. The molecule has 0 unspecified atom stereocenters. The monoisotopic (exact) mass is 462 g/mol. The number of aromatic hydroxyl groups is 1. The molecule has 0 atom stereocenters. The highest BCUT2D eigenvalue weighted by molar-refractivity contribution is 9.10. The fraction of sp³-hybridized carbons (Fsp3) is 0.294. The van der Waals surface area contributed by atoms with Gasteiger partial charge in [-0.2, -0.15) is 0 Å². The molecule has 0 aliphatic rings. The lowest BCUT2D eigenvalue weighted by molar-refractivity contribution is 0.146. The fourth-order valence-corrected chi connectivity index (χ4v) is 2.68. The number of halogens is 2. The van der Waals surface area contributed by atoms with Crippen LogP contribution >= 0.6 is 31.9 Å². The zero-order valence-corrected chi connectivity index (χ0v) is 16.9. The summed E-state index contributed by atoms with van der Waals surface area (Å²) in [6, 6.07) is 10.4. The zero-order valence-electron chi connectivity index (χ0n) is 13.7. The molecule has 0 bridgehead atoms. The fourth-order valence-electron chi connectivity index (χ4n) is 1.64. The van der Waals surface area contributed by atoms with Crippen LogP contribution in [0.15, 0.2) is 45.3 Å². The van der Waals surface area contributed by atoms with Crippen LogP contribution in [0.25, 0.3) is 0 Å². The topological polar surface area (TPSA) is 57.2 Å². The van der Waals surface area contributed by atoms with Crippen LogP contribution in [-0.4, -0.2) is 39.6 Å². The number of ether oxygens (including phenoxy) is 4. The normalized spacial score (nSPS) is 9.71. The number of phenols is 1. The molecule has 0 saturated carbocycles. The van der Waals surface area contributed by atoms with E-state index < -0.39 is 0 Å². The van der Waals surface area contributed by atoms with Crippen molar-refractivity contribution in [1.82, 2.24) is 0 Å². The number of hydrogen-bond acceptors (Lipinski definition) is 5. The van der Waals surface area contributed by atoms with Crippen LogP contribution < -0.4 is 14.2 Å². The van der Waals surface area contributed by atoms with Gasteiger partial charge in [-0.15, -0.1) is 0 Å². The second kappa shape index (κ2) is 11.2. The summed E-state index contributed by atoms with van der Waals surface area (Å²) in [7, 11) is 4.86. The summed E-state index contributed by atoms with van der Waals surface area (Å²) in [4.78, 5) is 0. The second-order valence-electron chi connectivity index (χ2n) is 4.46. The Morgan fingerprint density at radius 1 is 0.833 bits per heavy atom. The van der Waals surface area contributed by atoms with E-state index in [2.05, 4.69) is 31.9 Å². The Labute approximate surface area is 158 Å². The molecule has 7 heteroatoms. The number of methoxy groups -OCH3 is 3. The molecule has 1 N–H and O–H groups in total. The molecule has 0 aliphatic carbocycles. The minimum Gasteiger partial charge on any atom is -0.508 e. The van der Waals surface area contributed by atoms with E-state index in [0.29, 0.717) is 13.2 Å². The third-order valence-corrected chi connectivity index (χ3v) is 4.05. The maximum Gasteiger partial charge on any atom is 0.133 e. The summed E-state index contributed by atoms with van der Waals surface area (Å²) in [6.45, 7) is 1.14. The van der Waals surface area contributed by atoms with Crippen molar-refractivity contribution in [2.75, 3.05) is 34.5 Å². The molecule has 24 heavy (non-hydrogen) atoms. The summed E-state index contributed by atoms with van der Waals surface area (Å²) in [5, 5.41) is 8.95. The molecule has 0 fully saturated rings. The summed E-state index contributed by atoms with van der Waals surface area (Å²) < 4.78 is 22.0. The lowest BCUT2D eigenvalue weighted by Crippen LogP contribution is -2.04. The summed E-state index contributed by atoms with van der Waals surface area (Å²) in [5.74, 6) is 2.55. The van der Waals surface area contributed by atoms with Crippen molar-refractivity contribution in [3.05, 3.63) is 45.3 Å². The molecule has 5 nitrogen and oxygen atoms in total. The molecule has 0 aliphatic heterocycles. The third kappa shape index (κ3) is 6.98. The van der Waals surface area contributed by atoms with Crippen molar-refractivity contribution in [3.63, 3.8) is 0 Å². The minimum atomic E-state index is 0.229. The Balaban J connectivity index is 0.000000254. The van der Waals surface area contributed by atoms with Gasteiger partial charge >= 0.3 is 0 Å². The molecule has 0 saturated heterocycles. The minimum absolute atomic E-state index is 0.229. The van der Waals surface area contributed by atoms with E-state index in [1.807, 2.05) is 18.2 Å². The van der Waals surface area contributed by atoms with Crippen molar-refractivity contribution < 1.29 is 24.1 Å². The van der Waals surface area contributed by atoms with E-state index in [9.17, 15) is 0 Å². The molecule has 0 spiro atoms. The van der Waals surface area contributed by atoms with E-state index in [4.69, 9.17) is 24.1 Å². The number of phenolic OH excluding ortho intramolecular Hbond substituents is 1. The van der Waals surface area contributed by atoms with Gasteiger partial charge in [-0.25, -0.2) is 0 Å². The molecule has 2 aromatic rings. The molecule has 0 heterocycles. The highest BCUT2D eigenvalue weighted by Crippen LogP contribution is 2.29. The van der Waals surface area contributed by atoms with Crippen LogP contribution in [0.2, 0.25) is 0 Å². The Hall–Kier alpha value is -1.44. The van der Waals surface area contributed by atoms with Gasteiger partial charge in [0.25, 0.3) is 0 Å². The van der Waals surface area contributed by atoms with Gasteiger partial charge in [0.1, 0.15) is 29.6 Å². The first-order valence-electron chi connectivity index (χ1n) is 6.99. The van der Waals surface area contributed by atoms with Gasteiger partial charge in [-0.05, 0) is 68.3 Å². The predicted molar refractivity (Wildman–Crippen MR) is 100 cm³/mol. The highest BCUT2D eigenvalue weighted by atomic mass is 79.9. The first kappa shape index (κ1) is 20.6. The largest absolute Gasteiger partial charge is 0.508 e. The van der Waals surface area contributed by atoms with Crippen molar-refractivity contribution in [2.24, 2.45) is 0 Å². The number of benzene rings is 2. The lowest BCUT2D eigenvalue weighted by atomic mass is 10.3. The Bertz CT molecular complexity index is 634. The molecule has 0 aromatic heterocycles. The average molecular weight is 464 g/mol. The summed E-state index contributed by atoms with van der Waals surface area (Å²) in [6.07, 6.45) is 0.